The van der Waals surface area contributed by atoms with Crippen molar-refractivity contribution < 1.29 is 4.74 Å². The second-order valence-electron chi connectivity index (χ2n) is 4.11. The van der Waals surface area contributed by atoms with Crippen molar-refractivity contribution in [3.05, 3.63) is 29.6 Å². The molecule has 1 saturated heterocycles. The topological polar surface area (TPSA) is 34.2 Å². The molecule has 0 aromatic carbocycles. The molecule has 0 bridgehead atoms. The molecular weight excluding hydrogens is 188 g/mol. The van der Waals surface area contributed by atoms with Gasteiger partial charge in [-0.25, -0.2) is 0 Å². The van der Waals surface area contributed by atoms with Crippen LogP contribution in [0.2, 0.25) is 0 Å². The van der Waals surface area contributed by atoms with Gasteiger partial charge < -0.3 is 10.1 Å². The zero-order valence-corrected chi connectivity index (χ0v) is 9.20. The molecule has 1 aromatic rings. The second kappa shape index (κ2) is 5.24. The van der Waals surface area contributed by atoms with Gasteiger partial charge in [0.1, 0.15) is 0 Å². The highest BCUT2D eigenvalue weighted by Crippen LogP contribution is 2.11. The molecule has 0 aliphatic carbocycles. The molecule has 15 heavy (non-hydrogen) atoms. The summed E-state index contributed by atoms with van der Waals surface area (Å²) in [6, 6.07) is 4.11. The Labute approximate surface area is 90.9 Å². The van der Waals surface area contributed by atoms with Gasteiger partial charge in [-0.2, -0.15) is 0 Å². The van der Waals surface area contributed by atoms with Crippen LogP contribution >= 0.6 is 0 Å². The summed E-state index contributed by atoms with van der Waals surface area (Å²) in [5.41, 5.74) is 2.41. The quantitative estimate of drug-likeness (QED) is 0.811. The maximum absolute atomic E-state index is 5.33. The summed E-state index contributed by atoms with van der Waals surface area (Å²) >= 11 is 0. The number of pyridine rings is 1. The average Bonchev–Trinajstić information content (AvgIpc) is 2.74. The third kappa shape index (κ3) is 3.01. The van der Waals surface area contributed by atoms with E-state index in [9.17, 15) is 0 Å². The summed E-state index contributed by atoms with van der Waals surface area (Å²) in [4.78, 5) is 4.26. The van der Waals surface area contributed by atoms with E-state index in [2.05, 4.69) is 23.3 Å². The first-order valence-corrected chi connectivity index (χ1v) is 5.55. The van der Waals surface area contributed by atoms with Crippen LogP contribution in [0, 0.1) is 12.8 Å². The first-order valence-electron chi connectivity index (χ1n) is 5.55. The van der Waals surface area contributed by atoms with E-state index >= 15 is 0 Å². The maximum atomic E-state index is 5.33. The Kier molecular flexibility index (Phi) is 3.69. The van der Waals surface area contributed by atoms with E-state index in [4.69, 9.17) is 4.74 Å². The van der Waals surface area contributed by atoms with Crippen molar-refractivity contribution in [1.82, 2.24) is 10.3 Å². The van der Waals surface area contributed by atoms with Crippen molar-refractivity contribution in [1.29, 1.82) is 0 Å². The van der Waals surface area contributed by atoms with Gasteiger partial charge in [0.2, 0.25) is 0 Å². The van der Waals surface area contributed by atoms with E-state index in [1.54, 1.807) is 0 Å². The Bertz CT molecular complexity index is 308. The molecule has 1 atom stereocenters. The van der Waals surface area contributed by atoms with Gasteiger partial charge in [0.05, 0.1) is 6.61 Å². The molecule has 3 nitrogen and oxygen atoms in total. The van der Waals surface area contributed by atoms with Gasteiger partial charge in [0.15, 0.2) is 0 Å². The maximum Gasteiger partial charge on any atom is 0.0507 e. The highest BCUT2D eigenvalue weighted by Gasteiger charge is 2.14. The summed E-state index contributed by atoms with van der Waals surface area (Å²) in [5, 5.41) is 3.46. The number of ether oxygens (including phenoxy) is 1. The van der Waals surface area contributed by atoms with Crippen molar-refractivity contribution in [3.8, 4) is 0 Å². The molecule has 0 saturated carbocycles. The second-order valence-corrected chi connectivity index (χ2v) is 4.11. The fourth-order valence-corrected chi connectivity index (χ4v) is 1.86. The lowest BCUT2D eigenvalue weighted by Gasteiger charge is -2.10. The van der Waals surface area contributed by atoms with Crippen molar-refractivity contribution in [2.75, 3.05) is 19.8 Å². The summed E-state index contributed by atoms with van der Waals surface area (Å²) in [7, 11) is 0. The summed E-state index contributed by atoms with van der Waals surface area (Å²) in [6.07, 6.45) is 3.03. The SMILES string of the molecule is Cc1ncccc1CNCC1CCOC1. The van der Waals surface area contributed by atoms with Gasteiger partial charge in [0, 0.05) is 31.6 Å². The summed E-state index contributed by atoms with van der Waals surface area (Å²) in [6.45, 7) is 5.86. The Morgan fingerprint density at radius 1 is 1.60 bits per heavy atom. The molecule has 2 rings (SSSR count). The van der Waals surface area contributed by atoms with E-state index < -0.39 is 0 Å². The largest absolute Gasteiger partial charge is 0.381 e. The van der Waals surface area contributed by atoms with E-state index in [0.29, 0.717) is 5.92 Å². The minimum Gasteiger partial charge on any atom is -0.381 e. The summed E-state index contributed by atoms with van der Waals surface area (Å²) in [5.74, 6) is 0.696. The molecule has 0 amide bonds. The zero-order chi connectivity index (χ0) is 10.5. The third-order valence-electron chi connectivity index (χ3n) is 2.89. The minimum atomic E-state index is 0.696. The lowest BCUT2D eigenvalue weighted by atomic mass is 10.1. The lowest BCUT2D eigenvalue weighted by Crippen LogP contribution is -2.23. The van der Waals surface area contributed by atoms with Gasteiger partial charge in [0.25, 0.3) is 0 Å². The zero-order valence-electron chi connectivity index (χ0n) is 9.20. The molecule has 0 spiro atoms. The van der Waals surface area contributed by atoms with Crippen LogP contribution in [-0.4, -0.2) is 24.7 Å². The van der Waals surface area contributed by atoms with Crippen molar-refractivity contribution in [2.45, 2.75) is 19.9 Å². The van der Waals surface area contributed by atoms with Crippen LogP contribution in [0.3, 0.4) is 0 Å². The van der Waals surface area contributed by atoms with E-state index in [0.717, 1.165) is 32.0 Å². The van der Waals surface area contributed by atoms with Gasteiger partial charge in [-0.15, -0.1) is 0 Å². The number of aryl methyl sites for hydroxylation is 1. The van der Waals surface area contributed by atoms with E-state index in [-0.39, 0.29) is 0 Å². The van der Waals surface area contributed by atoms with Crippen molar-refractivity contribution in [2.24, 2.45) is 5.92 Å². The van der Waals surface area contributed by atoms with Crippen LogP contribution in [0.4, 0.5) is 0 Å². The summed E-state index contributed by atoms with van der Waals surface area (Å²) < 4.78 is 5.33. The molecule has 1 aliphatic rings. The molecule has 1 fully saturated rings. The predicted octanol–water partition coefficient (Wildman–Crippen LogP) is 1.52. The molecule has 1 N–H and O–H groups in total. The number of nitrogens with one attached hydrogen (secondary N) is 1. The Morgan fingerprint density at radius 2 is 2.53 bits per heavy atom. The van der Waals surface area contributed by atoms with Crippen LogP contribution in [0.25, 0.3) is 0 Å². The lowest BCUT2D eigenvalue weighted by molar-refractivity contribution is 0.185. The number of hydrogen-bond acceptors (Lipinski definition) is 3. The van der Waals surface area contributed by atoms with Crippen molar-refractivity contribution >= 4 is 0 Å². The number of nitrogens with zero attached hydrogens (tertiary/aromatic N) is 1. The van der Waals surface area contributed by atoms with Gasteiger partial charge in [-0.1, -0.05) is 6.07 Å². The van der Waals surface area contributed by atoms with Crippen molar-refractivity contribution in [3.63, 3.8) is 0 Å². The molecule has 1 unspecified atom stereocenters. The Balaban J connectivity index is 1.75. The molecular formula is C12H18N2O. The Morgan fingerprint density at radius 3 is 3.27 bits per heavy atom. The highest BCUT2D eigenvalue weighted by atomic mass is 16.5. The van der Waals surface area contributed by atoms with Crippen LogP contribution in [0.1, 0.15) is 17.7 Å². The van der Waals surface area contributed by atoms with Gasteiger partial charge >= 0.3 is 0 Å². The van der Waals surface area contributed by atoms with Crippen LogP contribution in [0.15, 0.2) is 18.3 Å². The highest BCUT2D eigenvalue weighted by molar-refractivity contribution is 5.17. The minimum absolute atomic E-state index is 0.696. The monoisotopic (exact) mass is 206 g/mol. The molecule has 2 heterocycles. The average molecular weight is 206 g/mol. The molecule has 82 valence electrons. The smallest absolute Gasteiger partial charge is 0.0507 e. The normalized spacial score (nSPS) is 20.7. The number of rotatable bonds is 4. The van der Waals surface area contributed by atoms with Gasteiger partial charge in [-0.05, 0) is 30.9 Å². The van der Waals surface area contributed by atoms with Crippen LogP contribution in [-0.2, 0) is 11.3 Å². The van der Waals surface area contributed by atoms with Gasteiger partial charge in [-0.3, -0.25) is 4.98 Å². The molecule has 0 radical (unpaired) electrons. The first-order chi connectivity index (χ1) is 7.36. The van der Waals surface area contributed by atoms with Crippen LogP contribution in [0.5, 0.6) is 0 Å². The fraction of sp³-hybridized carbons (Fsp3) is 0.583. The third-order valence-corrected chi connectivity index (χ3v) is 2.89. The molecule has 1 aromatic heterocycles. The van der Waals surface area contributed by atoms with E-state index in [1.807, 2.05) is 12.3 Å². The van der Waals surface area contributed by atoms with E-state index in [1.165, 1.54) is 12.0 Å². The standard InChI is InChI=1S/C12H18N2O/c1-10-12(3-2-5-14-10)8-13-7-11-4-6-15-9-11/h2-3,5,11,13H,4,6-9H2,1H3. The number of hydrogen-bond donors (Lipinski definition) is 1. The molecule has 1 aliphatic heterocycles. The Hall–Kier alpha value is -0.930. The molecule has 3 heteroatoms. The fourth-order valence-electron chi connectivity index (χ4n) is 1.86. The first kappa shape index (κ1) is 10.6. The number of aromatic nitrogens is 1. The van der Waals surface area contributed by atoms with Crippen LogP contribution < -0.4 is 5.32 Å². The predicted molar refractivity (Wildman–Crippen MR) is 59.6 cm³/mol.